The molecule has 0 heterocycles. The zero-order valence-electron chi connectivity index (χ0n) is 13.4. The lowest BCUT2D eigenvalue weighted by Crippen LogP contribution is -2.54. The van der Waals surface area contributed by atoms with Crippen LogP contribution in [0, 0.1) is 11.7 Å². The number of halogens is 1. The highest BCUT2D eigenvalue weighted by Gasteiger charge is 2.35. The molecule has 0 radical (unpaired) electrons. The molecular formula is C17H23FN2O3. The van der Waals surface area contributed by atoms with Crippen LogP contribution in [0.2, 0.25) is 0 Å². The van der Waals surface area contributed by atoms with E-state index < -0.39 is 23.4 Å². The number of amides is 2. The summed E-state index contributed by atoms with van der Waals surface area (Å²) in [6.07, 6.45) is 2.28. The third-order valence-corrected chi connectivity index (χ3v) is 4.23. The lowest BCUT2D eigenvalue weighted by molar-refractivity contribution is -0.126. The zero-order valence-corrected chi connectivity index (χ0v) is 13.4. The van der Waals surface area contributed by atoms with E-state index in [0.29, 0.717) is 12.8 Å². The average molecular weight is 322 g/mol. The van der Waals surface area contributed by atoms with Crippen molar-refractivity contribution in [2.75, 3.05) is 6.54 Å². The van der Waals surface area contributed by atoms with Gasteiger partial charge in [0, 0.05) is 6.54 Å². The molecule has 0 spiro atoms. The van der Waals surface area contributed by atoms with E-state index in [0.717, 1.165) is 6.42 Å². The van der Waals surface area contributed by atoms with Crippen molar-refractivity contribution in [3.05, 3.63) is 35.6 Å². The highest BCUT2D eigenvalue weighted by Crippen LogP contribution is 2.30. The van der Waals surface area contributed by atoms with Gasteiger partial charge in [-0.2, -0.15) is 0 Å². The Morgan fingerprint density at radius 2 is 1.96 bits per heavy atom. The van der Waals surface area contributed by atoms with E-state index in [-0.39, 0.29) is 23.9 Å². The van der Waals surface area contributed by atoms with Gasteiger partial charge in [0.25, 0.3) is 5.91 Å². The molecule has 1 atom stereocenters. The first-order chi connectivity index (χ1) is 10.8. The maximum absolute atomic E-state index is 13.7. The fourth-order valence-electron chi connectivity index (χ4n) is 2.52. The number of aliphatic hydroxyl groups is 1. The number of hydrogen-bond donors (Lipinski definition) is 3. The lowest BCUT2D eigenvalue weighted by Gasteiger charge is -2.37. The van der Waals surface area contributed by atoms with Crippen molar-refractivity contribution >= 4 is 11.8 Å². The third-order valence-electron chi connectivity index (χ3n) is 4.23. The van der Waals surface area contributed by atoms with Crippen LogP contribution in [0.1, 0.15) is 43.5 Å². The number of carbonyl (C=O) groups excluding carboxylic acids is 2. The lowest BCUT2D eigenvalue weighted by atomic mass is 9.80. The summed E-state index contributed by atoms with van der Waals surface area (Å²) in [6, 6.07) is 4.85. The second-order valence-corrected chi connectivity index (χ2v) is 6.47. The quantitative estimate of drug-likeness (QED) is 0.744. The van der Waals surface area contributed by atoms with E-state index in [1.807, 2.05) is 0 Å². The van der Waals surface area contributed by atoms with Gasteiger partial charge in [0.2, 0.25) is 5.91 Å². The summed E-state index contributed by atoms with van der Waals surface area (Å²) >= 11 is 0. The molecule has 1 fully saturated rings. The minimum absolute atomic E-state index is 0.0939. The normalized spacial score (nSPS) is 17.3. The van der Waals surface area contributed by atoms with Gasteiger partial charge in [-0.3, -0.25) is 9.59 Å². The van der Waals surface area contributed by atoms with Crippen molar-refractivity contribution in [3.8, 4) is 0 Å². The molecule has 6 heteroatoms. The summed E-state index contributed by atoms with van der Waals surface area (Å²) in [5.74, 6) is -1.79. The third kappa shape index (κ3) is 4.28. The van der Waals surface area contributed by atoms with Gasteiger partial charge in [-0.15, -0.1) is 0 Å². The van der Waals surface area contributed by atoms with E-state index >= 15 is 0 Å². The molecule has 126 valence electrons. The van der Waals surface area contributed by atoms with Crippen LogP contribution in [0.25, 0.3) is 0 Å². The van der Waals surface area contributed by atoms with Crippen molar-refractivity contribution < 1.29 is 19.1 Å². The Kier molecular flexibility index (Phi) is 5.36. The molecule has 5 nitrogen and oxygen atoms in total. The van der Waals surface area contributed by atoms with E-state index in [9.17, 15) is 19.1 Å². The Balaban J connectivity index is 1.99. The highest BCUT2D eigenvalue weighted by molar-refractivity contribution is 5.97. The maximum Gasteiger partial charge on any atom is 0.254 e. The molecule has 23 heavy (non-hydrogen) atoms. The molecule has 0 aliphatic heterocycles. The summed E-state index contributed by atoms with van der Waals surface area (Å²) in [6.45, 7) is 3.76. The first-order valence-corrected chi connectivity index (χ1v) is 7.88. The number of benzene rings is 1. The predicted octanol–water partition coefficient (Wildman–Crippen LogP) is 1.61. The molecule has 1 aromatic rings. The molecule has 1 aliphatic rings. The molecule has 1 aliphatic carbocycles. The minimum atomic E-state index is -0.827. The second kappa shape index (κ2) is 7.08. The average Bonchev–Trinajstić information content (AvgIpc) is 2.48. The Bertz CT molecular complexity index is 585. The number of hydrogen-bond acceptors (Lipinski definition) is 3. The fourth-order valence-corrected chi connectivity index (χ4v) is 2.52. The van der Waals surface area contributed by atoms with Crippen molar-refractivity contribution in [2.45, 2.75) is 44.8 Å². The molecule has 0 bridgehead atoms. The van der Waals surface area contributed by atoms with E-state index in [4.69, 9.17) is 0 Å². The van der Waals surface area contributed by atoms with Gasteiger partial charge < -0.3 is 15.7 Å². The van der Waals surface area contributed by atoms with Crippen LogP contribution in [0.5, 0.6) is 0 Å². The second-order valence-electron chi connectivity index (χ2n) is 6.47. The Labute approximate surface area is 135 Å². The van der Waals surface area contributed by atoms with Crippen LogP contribution >= 0.6 is 0 Å². The number of rotatable bonds is 6. The number of nitrogens with one attached hydrogen (secondary N) is 2. The molecule has 2 rings (SSSR count). The van der Waals surface area contributed by atoms with E-state index in [1.165, 1.54) is 18.2 Å². The fraction of sp³-hybridized carbons (Fsp3) is 0.529. The van der Waals surface area contributed by atoms with Gasteiger partial charge in [-0.05, 0) is 37.3 Å². The first kappa shape index (κ1) is 17.4. The predicted molar refractivity (Wildman–Crippen MR) is 84.3 cm³/mol. The van der Waals surface area contributed by atoms with E-state index in [2.05, 4.69) is 10.6 Å². The topological polar surface area (TPSA) is 78.4 Å². The SMILES string of the molecule is CC(C)C(NC(=O)c1ccccc1F)C(=O)NCC1(O)CCC1. The van der Waals surface area contributed by atoms with Crippen molar-refractivity contribution in [1.29, 1.82) is 0 Å². The molecule has 0 aromatic heterocycles. The van der Waals surface area contributed by atoms with Crippen LogP contribution < -0.4 is 10.6 Å². The highest BCUT2D eigenvalue weighted by atomic mass is 19.1. The minimum Gasteiger partial charge on any atom is -0.388 e. The van der Waals surface area contributed by atoms with Crippen molar-refractivity contribution in [2.24, 2.45) is 5.92 Å². The molecule has 3 N–H and O–H groups in total. The molecule has 2 amide bonds. The summed E-state index contributed by atoms with van der Waals surface area (Å²) < 4.78 is 13.7. The molecule has 1 aromatic carbocycles. The van der Waals surface area contributed by atoms with Crippen molar-refractivity contribution in [3.63, 3.8) is 0 Å². The molecule has 1 unspecified atom stereocenters. The van der Waals surface area contributed by atoms with Gasteiger partial charge in [-0.25, -0.2) is 4.39 Å². The molecule has 0 saturated heterocycles. The maximum atomic E-state index is 13.7. The standard InChI is InChI=1S/C17H23FN2O3/c1-11(2)14(16(22)19-10-17(23)8-5-9-17)20-15(21)12-6-3-4-7-13(12)18/h3-4,6-7,11,14,23H,5,8-10H2,1-2H3,(H,19,22)(H,20,21). The van der Waals surface area contributed by atoms with Gasteiger partial charge >= 0.3 is 0 Å². The van der Waals surface area contributed by atoms with Crippen molar-refractivity contribution in [1.82, 2.24) is 10.6 Å². The van der Waals surface area contributed by atoms with Gasteiger partial charge in [0.1, 0.15) is 11.9 Å². The van der Waals surface area contributed by atoms with Gasteiger partial charge in [0.15, 0.2) is 0 Å². The summed E-state index contributed by atoms with van der Waals surface area (Å²) in [5, 5.41) is 15.3. The monoisotopic (exact) mass is 322 g/mol. The van der Waals surface area contributed by atoms with Gasteiger partial charge in [-0.1, -0.05) is 26.0 Å². The largest absolute Gasteiger partial charge is 0.388 e. The van der Waals surface area contributed by atoms with Gasteiger partial charge in [0.05, 0.1) is 11.2 Å². The van der Waals surface area contributed by atoms with Crippen LogP contribution in [0.15, 0.2) is 24.3 Å². The van der Waals surface area contributed by atoms with Crippen LogP contribution in [-0.2, 0) is 4.79 Å². The van der Waals surface area contributed by atoms with Crippen LogP contribution in [0.4, 0.5) is 4.39 Å². The van der Waals surface area contributed by atoms with Crippen LogP contribution in [0.3, 0.4) is 0 Å². The molecule has 1 saturated carbocycles. The molecular weight excluding hydrogens is 299 g/mol. The van der Waals surface area contributed by atoms with Crippen LogP contribution in [-0.4, -0.2) is 35.1 Å². The Morgan fingerprint density at radius 3 is 2.48 bits per heavy atom. The zero-order chi connectivity index (χ0) is 17.0. The first-order valence-electron chi connectivity index (χ1n) is 7.88. The Hall–Kier alpha value is -1.95. The Morgan fingerprint density at radius 1 is 1.30 bits per heavy atom. The summed E-state index contributed by atoms with van der Waals surface area (Å²) in [7, 11) is 0. The number of carbonyl (C=O) groups is 2. The summed E-state index contributed by atoms with van der Waals surface area (Å²) in [5.41, 5.74) is -0.921. The summed E-state index contributed by atoms with van der Waals surface area (Å²) in [4.78, 5) is 24.5. The van der Waals surface area contributed by atoms with E-state index in [1.54, 1.807) is 19.9 Å². The smallest absolute Gasteiger partial charge is 0.254 e.